The van der Waals surface area contributed by atoms with Crippen LogP contribution in [0.2, 0.25) is 5.02 Å². The van der Waals surface area contributed by atoms with Crippen LogP contribution in [0.5, 0.6) is 0 Å². The molecule has 1 saturated heterocycles. The maximum Gasteiger partial charge on any atom is 0.274 e. The number of carbonyl (C=O) groups excluding carboxylic acids is 2. The van der Waals surface area contributed by atoms with Gasteiger partial charge in [-0.2, -0.15) is 5.10 Å². The van der Waals surface area contributed by atoms with Crippen LogP contribution in [0.1, 0.15) is 20.8 Å². The van der Waals surface area contributed by atoms with Crippen molar-refractivity contribution in [1.82, 2.24) is 24.8 Å². The standard InChI is InChI=1S/C24H21ClN6O2/c25-18-3-1-2-17(14-18)20-15-27-31-11-8-21(29-22(20)31)23(32)28-19-6-4-16(5-7-19)24(33)30-12-9-26-10-13-30/h1-8,11,14-15,26H,9-10,12-13H2,(H,28,32). The summed E-state index contributed by atoms with van der Waals surface area (Å²) in [6.07, 6.45) is 3.39. The molecule has 0 unspecified atom stereocenters. The highest BCUT2D eigenvalue weighted by atomic mass is 35.5. The zero-order chi connectivity index (χ0) is 22.8. The van der Waals surface area contributed by atoms with Gasteiger partial charge in [-0.25, -0.2) is 9.50 Å². The molecule has 0 atom stereocenters. The highest BCUT2D eigenvalue weighted by Gasteiger charge is 2.18. The van der Waals surface area contributed by atoms with Crippen LogP contribution in [-0.4, -0.2) is 57.5 Å². The second-order valence-corrected chi connectivity index (χ2v) is 8.16. The molecule has 2 amide bonds. The van der Waals surface area contributed by atoms with Gasteiger partial charge in [0.2, 0.25) is 0 Å². The van der Waals surface area contributed by atoms with Crippen molar-refractivity contribution in [3.8, 4) is 11.1 Å². The number of halogens is 1. The van der Waals surface area contributed by atoms with Crippen LogP contribution in [0.3, 0.4) is 0 Å². The van der Waals surface area contributed by atoms with E-state index in [1.54, 1.807) is 53.3 Å². The van der Waals surface area contributed by atoms with Crippen molar-refractivity contribution >= 4 is 34.7 Å². The quantitative estimate of drug-likeness (QED) is 0.487. The molecular formula is C24H21ClN6O2. The van der Waals surface area contributed by atoms with Gasteiger partial charge < -0.3 is 15.5 Å². The summed E-state index contributed by atoms with van der Waals surface area (Å²) >= 11 is 6.12. The van der Waals surface area contributed by atoms with Gasteiger partial charge >= 0.3 is 0 Å². The van der Waals surface area contributed by atoms with E-state index in [9.17, 15) is 9.59 Å². The Kier molecular flexibility index (Phi) is 5.77. The first-order valence-electron chi connectivity index (χ1n) is 10.6. The molecule has 3 heterocycles. The van der Waals surface area contributed by atoms with E-state index in [1.165, 1.54) is 0 Å². The highest BCUT2D eigenvalue weighted by molar-refractivity contribution is 6.30. The lowest BCUT2D eigenvalue weighted by Crippen LogP contribution is -2.46. The molecule has 5 rings (SSSR count). The smallest absolute Gasteiger partial charge is 0.274 e. The number of nitrogens with zero attached hydrogens (tertiary/aromatic N) is 4. The Morgan fingerprint density at radius 3 is 2.58 bits per heavy atom. The molecule has 2 N–H and O–H groups in total. The van der Waals surface area contributed by atoms with Crippen LogP contribution in [0.15, 0.2) is 67.0 Å². The molecular weight excluding hydrogens is 440 g/mol. The van der Waals surface area contributed by atoms with E-state index in [0.29, 0.717) is 35.0 Å². The Hall–Kier alpha value is -3.75. The van der Waals surface area contributed by atoms with Gasteiger partial charge in [-0.15, -0.1) is 0 Å². The fourth-order valence-electron chi connectivity index (χ4n) is 3.80. The van der Waals surface area contributed by atoms with E-state index in [1.807, 2.05) is 23.1 Å². The Labute approximate surface area is 195 Å². The van der Waals surface area contributed by atoms with Crippen molar-refractivity contribution < 1.29 is 9.59 Å². The highest BCUT2D eigenvalue weighted by Crippen LogP contribution is 2.26. The molecule has 1 fully saturated rings. The van der Waals surface area contributed by atoms with Crippen molar-refractivity contribution in [2.24, 2.45) is 0 Å². The third kappa shape index (κ3) is 4.44. The first-order valence-corrected chi connectivity index (χ1v) is 11.0. The number of nitrogens with one attached hydrogen (secondary N) is 2. The lowest BCUT2D eigenvalue weighted by atomic mass is 10.1. The SMILES string of the molecule is O=C(Nc1ccc(C(=O)N2CCNCC2)cc1)c1ccn2ncc(-c3cccc(Cl)c3)c2n1. The molecule has 0 aliphatic carbocycles. The molecule has 33 heavy (non-hydrogen) atoms. The molecule has 0 radical (unpaired) electrons. The minimum atomic E-state index is -0.350. The minimum Gasteiger partial charge on any atom is -0.336 e. The average Bonchev–Trinajstić information content (AvgIpc) is 3.28. The van der Waals surface area contributed by atoms with Gasteiger partial charge in [0.25, 0.3) is 11.8 Å². The summed E-state index contributed by atoms with van der Waals surface area (Å²) in [6, 6.07) is 15.9. The largest absolute Gasteiger partial charge is 0.336 e. The summed E-state index contributed by atoms with van der Waals surface area (Å²) in [6.45, 7) is 2.98. The summed E-state index contributed by atoms with van der Waals surface area (Å²) in [5, 5.41) is 11.0. The van der Waals surface area contributed by atoms with E-state index < -0.39 is 0 Å². The van der Waals surface area contributed by atoms with Gasteiger partial charge in [-0.3, -0.25) is 9.59 Å². The lowest BCUT2D eigenvalue weighted by Gasteiger charge is -2.27. The van der Waals surface area contributed by atoms with E-state index in [4.69, 9.17) is 11.6 Å². The lowest BCUT2D eigenvalue weighted by molar-refractivity contribution is 0.0735. The number of hydrogen-bond acceptors (Lipinski definition) is 5. The van der Waals surface area contributed by atoms with Crippen LogP contribution < -0.4 is 10.6 Å². The van der Waals surface area contributed by atoms with E-state index in [2.05, 4.69) is 20.7 Å². The van der Waals surface area contributed by atoms with Crippen molar-refractivity contribution in [1.29, 1.82) is 0 Å². The minimum absolute atomic E-state index is 0.00391. The van der Waals surface area contributed by atoms with Crippen LogP contribution in [0, 0.1) is 0 Å². The van der Waals surface area contributed by atoms with Crippen LogP contribution in [0.25, 0.3) is 16.8 Å². The van der Waals surface area contributed by atoms with Gasteiger partial charge in [0.05, 0.1) is 6.20 Å². The molecule has 2 aromatic carbocycles. The molecule has 4 aromatic rings. The van der Waals surface area contributed by atoms with Crippen molar-refractivity contribution in [2.45, 2.75) is 0 Å². The third-order valence-corrected chi connectivity index (χ3v) is 5.77. The third-order valence-electron chi connectivity index (χ3n) is 5.53. The molecule has 2 aromatic heterocycles. The molecule has 8 nitrogen and oxygen atoms in total. The zero-order valence-electron chi connectivity index (χ0n) is 17.7. The number of amides is 2. The number of aromatic nitrogens is 3. The molecule has 0 spiro atoms. The van der Waals surface area contributed by atoms with Crippen LogP contribution in [-0.2, 0) is 0 Å². The topological polar surface area (TPSA) is 91.6 Å². The maximum absolute atomic E-state index is 12.8. The average molecular weight is 461 g/mol. The number of hydrogen-bond donors (Lipinski definition) is 2. The number of piperazine rings is 1. The summed E-state index contributed by atoms with van der Waals surface area (Å²) in [4.78, 5) is 31.8. The second kappa shape index (κ2) is 9.01. The Bertz CT molecular complexity index is 1330. The van der Waals surface area contributed by atoms with Gasteiger partial charge in [0.15, 0.2) is 5.65 Å². The fourth-order valence-corrected chi connectivity index (χ4v) is 3.99. The van der Waals surface area contributed by atoms with Crippen LogP contribution >= 0.6 is 11.6 Å². The molecule has 166 valence electrons. The van der Waals surface area contributed by atoms with Crippen molar-refractivity contribution in [3.05, 3.63) is 83.3 Å². The van der Waals surface area contributed by atoms with E-state index >= 15 is 0 Å². The molecule has 0 bridgehead atoms. The molecule has 1 aliphatic rings. The van der Waals surface area contributed by atoms with E-state index in [0.717, 1.165) is 24.2 Å². The molecule has 0 saturated carbocycles. The number of benzene rings is 2. The first kappa shape index (κ1) is 21.1. The number of anilines is 1. The van der Waals surface area contributed by atoms with Gasteiger partial charge in [0, 0.05) is 54.2 Å². The normalized spacial score (nSPS) is 13.8. The van der Waals surface area contributed by atoms with Gasteiger partial charge in [-0.05, 0) is 48.0 Å². The second-order valence-electron chi connectivity index (χ2n) is 7.72. The predicted octanol–water partition coefficient (Wildman–Crippen LogP) is 3.35. The fraction of sp³-hybridized carbons (Fsp3) is 0.167. The summed E-state index contributed by atoms with van der Waals surface area (Å²) < 4.78 is 1.61. The van der Waals surface area contributed by atoms with Gasteiger partial charge in [0.1, 0.15) is 5.69 Å². The first-order chi connectivity index (χ1) is 16.1. The Morgan fingerprint density at radius 1 is 1.03 bits per heavy atom. The zero-order valence-corrected chi connectivity index (χ0v) is 18.4. The summed E-state index contributed by atoms with van der Waals surface area (Å²) in [5.74, 6) is -0.354. The maximum atomic E-state index is 12.8. The van der Waals surface area contributed by atoms with Crippen molar-refractivity contribution in [2.75, 3.05) is 31.5 Å². The summed E-state index contributed by atoms with van der Waals surface area (Å²) in [5.41, 5.74) is 3.64. The molecule has 9 heteroatoms. The number of carbonyl (C=O) groups is 2. The Balaban J connectivity index is 1.34. The Morgan fingerprint density at radius 2 is 1.82 bits per heavy atom. The van der Waals surface area contributed by atoms with Crippen LogP contribution in [0.4, 0.5) is 5.69 Å². The predicted molar refractivity (Wildman–Crippen MR) is 127 cm³/mol. The molecule has 1 aliphatic heterocycles. The monoisotopic (exact) mass is 460 g/mol. The van der Waals surface area contributed by atoms with Crippen molar-refractivity contribution in [3.63, 3.8) is 0 Å². The summed E-state index contributed by atoms with van der Waals surface area (Å²) in [7, 11) is 0. The number of rotatable bonds is 4. The van der Waals surface area contributed by atoms with E-state index in [-0.39, 0.29) is 17.5 Å². The number of fused-ring (bicyclic) bond motifs is 1. The van der Waals surface area contributed by atoms with Gasteiger partial charge in [-0.1, -0.05) is 23.7 Å².